The number of carbonyl (C=O) groups excluding carboxylic acids is 1. The number of piperidine rings is 2. The maximum Gasteiger partial charge on any atom is 0.343 e. The summed E-state index contributed by atoms with van der Waals surface area (Å²) in [6.45, 7) is 3.94. The number of hydrogen-bond acceptors (Lipinski definition) is 6. The summed E-state index contributed by atoms with van der Waals surface area (Å²) in [6, 6.07) is 1.08. The van der Waals surface area contributed by atoms with Crippen LogP contribution in [-0.2, 0) is 19.0 Å². The molecule has 5 heterocycles. The molecule has 6 aliphatic rings. The molecular weight excluding hydrogens is 442 g/mol. The standard InChI is InChI=1S/C29H41NO5/c1-16-24-21-13-10-19-9-11-20(30(21)25(19)22(31)15-18-7-5-4-6-8-18)12-14-23(24)34-27(16)28-26(33-3)17(2)29(32)35-28/h14,16,18-22,24-25,31H,4-13,15H2,1-3H3/t16-,19+,20-,21-,22-,24+,25-/m0/s1. The van der Waals surface area contributed by atoms with Crippen molar-refractivity contribution in [2.75, 3.05) is 7.11 Å². The van der Waals surface area contributed by atoms with Gasteiger partial charge in [0.25, 0.3) is 0 Å². The number of esters is 1. The van der Waals surface area contributed by atoms with Crippen LogP contribution in [0, 0.1) is 23.7 Å². The summed E-state index contributed by atoms with van der Waals surface area (Å²) in [5.74, 6) is 3.91. The summed E-state index contributed by atoms with van der Waals surface area (Å²) in [5.41, 5.74) is 0.495. The van der Waals surface area contributed by atoms with E-state index in [2.05, 4.69) is 17.9 Å². The van der Waals surface area contributed by atoms with Crippen molar-refractivity contribution in [3.8, 4) is 0 Å². The lowest BCUT2D eigenvalue weighted by Gasteiger charge is -2.56. The SMILES string of the molecule is COC1=C(C)C(=O)OC1=C1OC2=CC[C@@H]3CC[C@@H]4CC[C@@H]([C@H]2[C@@H]1C)N3[C@@H]4[C@@H](O)CC1CCCCC1. The number of cyclic esters (lactones) is 1. The van der Waals surface area contributed by atoms with Crippen molar-refractivity contribution in [2.24, 2.45) is 23.7 Å². The van der Waals surface area contributed by atoms with Crippen LogP contribution >= 0.6 is 0 Å². The summed E-state index contributed by atoms with van der Waals surface area (Å²) in [6.07, 6.45) is 15.3. The summed E-state index contributed by atoms with van der Waals surface area (Å²) in [7, 11) is 1.58. The number of aliphatic hydroxyl groups excluding tert-OH is 1. The summed E-state index contributed by atoms with van der Waals surface area (Å²) in [5, 5.41) is 11.7. The van der Waals surface area contributed by atoms with Crippen LogP contribution in [0.15, 0.2) is 34.7 Å². The third-order valence-electron chi connectivity index (χ3n) is 10.0. The number of carbonyl (C=O) groups is 1. The molecule has 3 saturated heterocycles. The van der Waals surface area contributed by atoms with E-state index in [9.17, 15) is 9.90 Å². The number of nitrogens with zero attached hydrogens (tertiary/aromatic N) is 1. The average molecular weight is 484 g/mol. The number of fused-ring (bicyclic) bond motifs is 3. The molecular formula is C29H41NO5. The third-order valence-corrected chi connectivity index (χ3v) is 10.0. The van der Waals surface area contributed by atoms with Crippen molar-refractivity contribution in [2.45, 2.75) is 109 Å². The highest BCUT2D eigenvalue weighted by molar-refractivity contribution is 5.93. The average Bonchev–Trinajstić information content (AvgIpc) is 3.26. The number of methoxy groups -OCH3 is 1. The van der Waals surface area contributed by atoms with Gasteiger partial charge in [-0.1, -0.05) is 39.0 Å². The van der Waals surface area contributed by atoms with Crippen molar-refractivity contribution in [1.82, 2.24) is 4.90 Å². The monoisotopic (exact) mass is 483 g/mol. The van der Waals surface area contributed by atoms with Gasteiger partial charge in [0.2, 0.25) is 5.76 Å². The predicted octanol–water partition coefficient (Wildman–Crippen LogP) is 5.19. The minimum atomic E-state index is -0.358. The van der Waals surface area contributed by atoms with Crippen molar-refractivity contribution in [3.63, 3.8) is 0 Å². The fraction of sp³-hybridized carbons (Fsp3) is 0.759. The molecule has 0 unspecified atom stereocenters. The molecule has 7 atom stereocenters. The van der Waals surface area contributed by atoms with Gasteiger partial charge in [-0.15, -0.1) is 0 Å². The van der Waals surface area contributed by atoms with Crippen molar-refractivity contribution in [1.29, 1.82) is 0 Å². The topological polar surface area (TPSA) is 68.2 Å². The number of hydrogen-bond donors (Lipinski definition) is 1. The molecule has 2 bridgehead atoms. The normalized spacial score (nSPS) is 40.6. The molecule has 4 fully saturated rings. The molecule has 0 aromatic heterocycles. The van der Waals surface area contributed by atoms with Crippen LogP contribution in [-0.4, -0.2) is 47.3 Å². The number of ether oxygens (including phenoxy) is 3. The van der Waals surface area contributed by atoms with Gasteiger partial charge in [0.1, 0.15) is 5.76 Å². The lowest BCUT2D eigenvalue weighted by molar-refractivity contribution is -0.133. The summed E-state index contributed by atoms with van der Waals surface area (Å²) < 4.78 is 17.7. The van der Waals surface area contributed by atoms with Crippen molar-refractivity contribution < 1.29 is 24.1 Å². The Morgan fingerprint density at radius 2 is 1.89 bits per heavy atom. The quantitative estimate of drug-likeness (QED) is 0.555. The van der Waals surface area contributed by atoms with Crippen LogP contribution in [0.3, 0.4) is 0 Å². The Balaban J connectivity index is 1.31. The third kappa shape index (κ3) is 3.87. The summed E-state index contributed by atoms with van der Waals surface area (Å²) in [4.78, 5) is 15.0. The fourth-order valence-electron chi connectivity index (χ4n) is 8.37. The van der Waals surface area contributed by atoms with Crippen LogP contribution in [0.1, 0.15) is 84.5 Å². The van der Waals surface area contributed by atoms with E-state index in [1.807, 2.05) is 0 Å². The molecule has 1 N–H and O–H groups in total. The van der Waals surface area contributed by atoms with Crippen molar-refractivity contribution >= 4 is 5.97 Å². The van der Waals surface area contributed by atoms with Gasteiger partial charge in [-0.25, -0.2) is 4.79 Å². The van der Waals surface area contributed by atoms with Gasteiger partial charge in [-0.3, -0.25) is 4.90 Å². The lowest BCUT2D eigenvalue weighted by atomic mass is 9.69. The predicted molar refractivity (Wildman–Crippen MR) is 132 cm³/mol. The number of allylic oxidation sites excluding steroid dienone is 1. The molecule has 0 amide bonds. The largest absolute Gasteiger partial charge is 0.492 e. The van der Waals surface area contributed by atoms with E-state index in [1.54, 1.807) is 14.0 Å². The Labute approximate surface area is 209 Å². The first-order chi connectivity index (χ1) is 17.0. The smallest absolute Gasteiger partial charge is 0.343 e. The Kier molecular flexibility index (Phi) is 6.24. The molecule has 192 valence electrons. The van der Waals surface area contributed by atoms with Gasteiger partial charge in [0, 0.05) is 30.0 Å². The van der Waals surface area contributed by atoms with Gasteiger partial charge < -0.3 is 19.3 Å². The van der Waals surface area contributed by atoms with E-state index in [4.69, 9.17) is 14.2 Å². The van der Waals surface area contributed by atoms with Crippen LogP contribution in [0.5, 0.6) is 0 Å². The van der Waals surface area contributed by atoms with Crippen molar-refractivity contribution in [3.05, 3.63) is 34.7 Å². The zero-order valence-corrected chi connectivity index (χ0v) is 21.5. The zero-order valence-electron chi connectivity index (χ0n) is 21.5. The first-order valence-electron chi connectivity index (χ1n) is 14.0. The second-order valence-electron chi connectivity index (χ2n) is 11.9. The molecule has 0 radical (unpaired) electrons. The van der Waals surface area contributed by atoms with E-state index in [0.717, 1.165) is 30.8 Å². The van der Waals surface area contributed by atoms with E-state index in [-0.39, 0.29) is 30.0 Å². The highest BCUT2D eigenvalue weighted by Crippen LogP contribution is 2.53. The minimum absolute atomic E-state index is 0.0819. The molecule has 0 spiro atoms. The molecule has 0 aromatic carbocycles. The van der Waals surface area contributed by atoms with Gasteiger partial charge in [0.15, 0.2) is 11.5 Å². The maximum atomic E-state index is 12.3. The van der Waals surface area contributed by atoms with E-state index in [1.165, 1.54) is 51.4 Å². The Hall–Kier alpha value is -1.79. The molecule has 6 heteroatoms. The second-order valence-corrected chi connectivity index (χ2v) is 11.9. The van der Waals surface area contributed by atoms with Crippen LogP contribution in [0.25, 0.3) is 0 Å². The van der Waals surface area contributed by atoms with E-state index >= 15 is 0 Å². The Morgan fingerprint density at radius 3 is 2.66 bits per heavy atom. The highest BCUT2D eigenvalue weighted by atomic mass is 16.6. The van der Waals surface area contributed by atoms with Crippen LogP contribution in [0.2, 0.25) is 0 Å². The minimum Gasteiger partial charge on any atom is -0.492 e. The molecule has 35 heavy (non-hydrogen) atoms. The molecule has 5 aliphatic heterocycles. The second kappa shape index (κ2) is 9.26. The maximum absolute atomic E-state index is 12.3. The molecule has 6 rings (SSSR count). The van der Waals surface area contributed by atoms with Gasteiger partial charge >= 0.3 is 5.97 Å². The van der Waals surface area contributed by atoms with Gasteiger partial charge in [-0.2, -0.15) is 0 Å². The van der Waals surface area contributed by atoms with Gasteiger partial charge in [0.05, 0.1) is 18.8 Å². The molecule has 1 aliphatic carbocycles. The first kappa shape index (κ1) is 23.6. The van der Waals surface area contributed by atoms with E-state index in [0.29, 0.717) is 41.0 Å². The van der Waals surface area contributed by atoms with Crippen LogP contribution < -0.4 is 0 Å². The molecule has 1 saturated carbocycles. The van der Waals surface area contributed by atoms with E-state index < -0.39 is 0 Å². The molecule has 0 aromatic rings. The Bertz CT molecular complexity index is 960. The van der Waals surface area contributed by atoms with Crippen LogP contribution in [0.4, 0.5) is 0 Å². The first-order valence-corrected chi connectivity index (χ1v) is 14.0. The number of aliphatic hydroxyl groups is 1. The zero-order chi connectivity index (χ0) is 24.3. The molecule has 6 nitrogen and oxygen atoms in total. The Morgan fingerprint density at radius 1 is 1.11 bits per heavy atom. The lowest BCUT2D eigenvalue weighted by Crippen LogP contribution is -2.64. The summed E-state index contributed by atoms with van der Waals surface area (Å²) >= 11 is 0. The fourth-order valence-corrected chi connectivity index (χ4v) is 8.37. The highest BCUT2D eigenvalue weighted by Gasteiger charge is 2.55. The van der Waals surface area contributed by atoms with Gasteiger partial charge in [-0.05, 0) is 63.4 Å². The number of rotatable bonds is 4.